The van der Waals surface area contributed by atoms with Crippen molar-refractivity contribution in [3.8, 4) is 0 Å². The van der Waals surface area contributed by atoms with E-state index in [0.29, 0.717) is 5.95 Å². The average Bonchev–Trinajstić information content (AvgIpc) is 3.38. The quantitative estimate of drug-likeness (QED) is 0.771. The Morgan fingerprint density at radius 1 is 1.13 bits per heavy atom. The van der Waals surface area contributed by atoms with Gasteiger partial charge in [-0.05, 0) is 57.8 Å². The van der Waals surface area contributed by atoms with Crippen molar-refractivity contribution in [2.45, 2.75) is 76.2 Å². The number of hydrogen-bond donors (Lipinski definition) is 2. The number of amides is 1. The molecule has 8 nitrogen and oxygen atoms in total. The van der Waals surface area contributed by atoms with Gasteiger partial charge in [-0.15, -0.1) is 0 Å². The monoisotopic (exact) mass is 421 g/mol. The van der Waals surface area contributed by atoms with Gasteiger partial charge in [0.1, 0.15) is 11.9 Å². The third-order valence-electron chi connectivity index (χ3n) is 7.61. The standard InChI is InChI=1S/C23H31N7O/c1-23(9-10-23)18-14-19(28-27-18)25-20-15-6-4-7-16(15)24-22(26-20)30-13-5-8-17(30)21(31)29-11-2-3-12-29/h14,17H,2-13H2,1H3,(H2,24,25,26,27,28)/t17-/m0/s1. The van der Waals surface area contributed by atoms with Crippen LogP contribution in [0.1, 0.15) is 68.8 Å². The van der Waals surface area contributed by atoms with E-state index < -0.39 is 0 Å². The molecule has 2 aliphatic heterocycles. The van der Waals surface area contributed by atoms with Gasteiger partial charge < -0.3 is 15.1 Å². The van der Waals surface area contributed by atoms with E-state index in [1.807, 2.05) is 4.90 Å². The predicted molar refractivity (Wildman–Crippen MR) is 119 cm³/mol. The summed E-state index contributed by atoms with van der Waals surface area (Å²) in [7, 11) is 0. The number of nitrogens with one attached hydrogen (secondary N) is 2. The number of carbonyl (C=O) groups excluding carboxylic acids is 1. The molecule has 2 saturated heterocycles. The number of aromatic nitrogens is 4. The molecule has 4 heterocycles. The van der Waals surface area contributed by atoms with Crippen molar-refractivity contribution >= 4 is 23.5 Å². The summed E-state index contributed by atoms with van der Waals surface area (Å²) in [6, 6.07) is 1.99. The fourth-order valence-corrected chi connectivity index (χ4v) is 5.34. The number of likely N-dealkylation sites (tertiary alicyclic amines) is 1. The van der Waals surface area contributed by atoms with Gasteiger partial charge in [-0.25, -0.2) is 4.98 Å². The fraction of sp³-hybridized carbons (Fsp3) is 0.652. The van der Waals surface area contributed by atoms with Gasteiger partial charge in [-0.2, -0.15) is 10.1 Å². The summed E-state index contributed by atoms with van der Waals surface area (Å²) >= 11 is 0. The summed E-state index contributed by atoms with van der Waals surface area (Å²) in [5, 5.41) is 11.2. The van der Waals surface area contributed by atoms with Gasteiger partial charge in [0.2, 0.25) is 11.9 Å². The Labute approximate surface area is 182 Å². The Hall–Kier alpha value is -2.64. The van der Waals surface area contributed by atoms with Crippen LogP contribution in [0.25, 0.3) is 0 Å². The molecule has 2 aromatic rings. The first-order chi connectivity index (χ1) is 15.1. The first-order valence-corrected chi connectivity index (χ1v) is 11.9. The van der Waals surface area contributed by atoms with E-state index >= 15 is 0 Å². The highest BCUT2D eigenvalue weighted by Gasteiger charge is 2.41. The third kappa shape index (κ3) is 3.36. The molecule has 3 fully saturated rings. The third-order valence-corrected chi connectivity index (χ3v) is 7.61. The maximum Gasteiger partial charge on any atom is 0.245 e. The minimum absolute atomic E-state index is 0.128. The number of anilines is 3. The van der Waals surface area contributed by atoms with Gasteiger partial charge in [0.15, 0.2) is 5.82 Å². The lowest BCUT2D eigenvalue weighted by Crippen LogP contribution is -2.45. The first kappa shape index (κ1) is 19.1. The molecule has 2 N–H and O–H groups in total. The van der Waals surface area contributed by atoms with Crippen LogP contribution in [0.5, 0.6) is 0 Å². The highest BCUT2D eigenvalue weighted by Crippen LogP contribution is 2.47. The molecule has 8 heteroatoms. The molecular formula is C23H31N7O. The molecule has 0 spiro atoms. The van der Waals surface area contributed by atoms with Crippen LogP contribution >= 0.6 is 0 Å². The van der Waals surface area contributed by atoms with Crippen LogP contribution in [0.2, 0.25) is 0 Å². The predicted octanol–water partition coefficient (Wildman–Crippen LogP) is 3.07. The van der Waals surface area contributed by atoms with Crippen molar-refractivity contribution < 1.29 is 4.79 Å². The summed E-state index contributed by atoms with van der Waals surface area (Å²) in [4.78, 5) is 27.2. The summed E-state index contributed by atoms with van der Waals surface area (Å²) in [6.45, 7) is 4.89. The van der Waals surface area contributed by atoms with E-state index in [2.05, 4.69) is 33.4 Å². The van der Waals surface area contributed by atoms with Gasteiger partial charge in [-0.3, -0.25) is 9.89 Å². The minimum atomic E-state index is -0.128. The van der Waals surface area contributed by atoms with Crippen molar-refractivity contribution in [3.05, 3.63) is 23.0 Å². The Kier molecular flexibility index (Phi) is 4.43. The van der Waals surface area contributed by atoms with Gasteiger partial charge >= 0.3 is 0 Å². The summed E-state index contributed by atoms with van der Waals surface area (Å²) < 4.78 is 0. The zero-order chi connectivity index (χ0) is 21.0. The molecule has 6 rings (SSSR count). The van der Waals surface area contributed by atoms with E-state index in [-0.39, 0.29) is 17.4 Å². The molecule has 1 atom stereocenters. The van der Waals surface area contributed by atoms with Gasteiger partial charge in [0.05, 0.1) is 5.69 Å². The minimum Gasteiger partial charge on any atom is -0.341 e. The number of carbonyl (C=O) groups is 1. The average molecular weight is 422 g/mol. The SMILES string of the molecule is CC1(c2cc(Nc3nc(N4CCC[C@H]4C(=O)N4CCCC4)nc4c3CCC4)n[nH]2)CC1. The lowest BCUT2D eigenvalue weighted by molar-refractivity contribution is -0.131. The number of H-pyrrole nitrogens is 1. The number of fused-ring (bicyclic) bond motifs is 1. The molecule has 2 aliphatic carbocycles. The van der Waals surface area contributed by atoms with Crippen LogP contribution in [0, 0.1) is 0 Å². The van der Waals surface area contributed by atoms with Gasteiger partial charge in [0, 0.05) is 42.4 Å². The Morgan fingerprint density at radius 3 is 2.77 bits per heavy atom. The lowest BCUT2D eigenvalue weighted by atomic mass is 10.1. The highest BCUT2D eigenvalue weighted by atomic mass is 16.2. The van der Waals surface area contributed by atoms with Crippen molar-refractivity contribution in [1.82, 2.24) is 25.1 Å². The van der Waals surface area contributed by atoms with Crippen LogP contribution in [-0.2, 0) is 23.1 Å². The van der Waals surface area contributed by atoms with E-state index in [9.17, 15) is 4.79 Å². The first-order valence-electron chi connectivity index (χ1n) is 11.9. The second-order valence-corrected chi connectivity index (χ2v) is 9.89. The maximum absolute atomic E-state index is 13.1. The normalized spacial score (nSPS) is 24.0. The number of hydrogen-bond acceptors (Lipinski definition) is 6. The molecule has 2 aromatic heterocycles. The molecule has 1 saturated carbocycles. The number of rotatable bonds is 5. The topological polar surface area (TPSA) is 90.0 Å². The fourth-order valence-electron chi connectivity index (χ4n) is 5.34. The number of aryl methyl sites for hydroxylation is 1. The van der Waals surface area contributed by atoms with E-state index in [4.69, 9.17) is 9.97 Å². The molecule has 4 aliphatic rings. The zero-order valence-electron chi connectivity index (χ0n) is 18.3. The molecule has 0 bridgehead atoms. The van der Waals surface area contributed by atoms with Crippen LogP contribution in [-0.4, -0.2) is 56.6 Å². The van der Waals surface area contributed by atoms with Crippen molar-refractivity contribution in [3.63, 3.8) is 0 Å². The van der Waals surface area contributed by atoms with E-state index in [0.717, 1.165) is 81.9 Å². The van der Waals surface area contributed by atoms with Gasteiger partial charge in [0.25, 0.3) is 0 Å². The largest absolute Gasteiger partial charge is 0.341 e. The number of aromatic amines is 1. The van der Waals surface area contributed by atoms with Crippen molar-refractivity contribution in [2.75, 3.05) is 29.9 Å². The smallest absolute Gasteiger partial charge is 0.245 e. The number of nitrogens with zero attached hydrogens (tertiary/aromatic N) is 5. The molecule has 0 unspecified atom stereocenters. The summed E-state index contributed by atoms with van der Waals surface area (Å²) in [5.41, 5.74) is 3.77. The summed E-state index contributed by atoms with van der Waals surface area (Å²) in [6.07, 6.45) is 9.62. The van der Waals surface area contributed by atoms with E-state index in [1.54, 1.807) is 0 Å². The maximum atomic E-state index is 13.1. The van der Waals surface area contributed by atoms with Crippen molar-refractivity contribution in [2.24, 2.45) is 0 Å². The second-order valence-electron chi connectivity index (χ2n) is 9.89. The van der Waals surface area contributed by atoms with E-state index in [1.165, 1.54) is 24.1 Å². The zero-order valence-corrected chi connectivity index (χ0v) is 18.3. The Bertz CT molecular complexity index is 1010. The Morgan fingerprint density at radius 2 is 1.97 bits per heavy atom. The lowest BCUT2D eigenvalue weighted by Gasteiger charge is -2.28. The van der Waals surface area contributed by atoms with Crippen LogP contribution in [0.4, 0.5) is 17.6 Å². The molecule has 164 valence electrons. The highest BCUT2D eigenvalue weighted by molar-refractivity contribution is 5.85. The van der Waals surface area contributed by atoms with Crippen LogP contribution in [0.3, 0.4) is 0 Å². The molecule has 31 heavy (non-hydrogen) atoms. The molecule has 0 aromatic carbocycles. The second kappa shape index (κ2) is 7.21. The van der Waals surface area contributed by atoms with Crippen LogP contribution in [0.15, 0.2) is 6.07 Å². The van der Waals surface area contributed by atoms with Gasteiger partial charge in [-0.1, -0.05) is 6.92 Å². The summed E-state index contributed by atoms with van der Waals surface area (Å²) in [5.74, 6) is 2.62. The molecule has 0 radical (unpaired) electrons. The van der Waals surface area contributed by atoms with Crippen LogP contribution < -0.4 is 10.2 Å². The molecule has 1 amide bonds. The molecular weight excluding hydrogens is 390 g/mol. The van der Waals surface area contributed by atoms with Crippen molar-refractivity contribution in [1.29, 1.82) is 0 Å². The Balaban J connectivity index is 1.29.